The summed E-state index contributed by atoms with van der Waals surface area (Å²) in [7, 11) is 0. The first-order valence-corrected chi connectivity index (χ1v) is 3.92. The van der Waals surface area contributed by atoms with Crippen LogP contribution in [-0.4, -0.2) is 25.7 Å². The molecule has 5 heteroatoms. The van der Waals surface area contributed by atoms with E-state index in [0.29, 0.717) is 11.1 Å². The molecule has 0 aliphatic rings. The SMILES string of the molecule is O=C(c1cncnc1)c1cncnc1. The van der Waals surface area contributed by atoms with Gasteiger partial charge in [0.2, 0.25) is 0 Å². The van der Waals surface area contributed by atoms with Gasteiger partial charge in [-0.2, -0.15) is 0 Å². The summed E-state index contributed by atoms with van der Waals surface area (Å²) in [5, 5.41) is 0. The predicted molar refractivity (Wildman–Crippen MR) is 47.5 cm³/mol. The first kappa shape index (κ1) is 8.43. The van der Waals surface area contributed by atoms with Crippen LogP contribution in [0.25, 0.3) is 0 Å². The Labute approximate surface area is 79.9 Å². The van der Waals surface area contributed by atoms with Gasteiger partial charge in [0.05, 0.1) is 11.1 Å². The van der Waals surface area contributed by atoms with Crippen molar-refractivity contribution in [2.45, 2.75) is 0 Å². The molecule has 0 atom stereocenters. The van der Waals surface area contributed by atoms with Gasteiger partial charge in [-0.25, -0.2) is 19.9 Å². The zero-order chi connectivity index (χ0) is 9.80. The van der Waals surface area contributed by atoms with Gasteiger partial charge in [0.15, 0.2) is 5.78 Å². The summed E-state index contributed by atoms with van der Waals surface area (Å²) in [5.41, 5.74) is 0.865. The molecule has 0 saturated carbocycles. The van der Waals surface area contributed by atoms with Gasteiger partial charge >= 0.3 is 0 Å². The first-order chi connectivity index (χ1) is 6.88. The molecule has 5 nitrogen and oxygen atoms in total. The molecule has 0 amide bonds. The van der Waals surface area contributed by atoms with Crippen LogP contribution in [0.1, 0.15) is 15.9 Å². The molecule has 0 aliphatic carbocycles. The maximum Gasteiger partial charge on any atom is 0.199 e. The third-order valence-corrected chi connectivity index (χ3v) is 1.65. The van der Waals surface area contributed by atoms with Crippen LogP contribution in [0.2, 0.25) is 0 Å². The van der Waals surface area contributed by atoms with Crippen LogP contribution >= 0.6 is 0 Å². The summed E-state index contributed by atoms with van der Waals surface area (Å²) in [6.07, 6.45) is 8.59. The lowest BCUT2D eigenvalue weighted by Crippen LogP contribution is -2.03. The Hall–Kier alpha value is -2.17. The average molecular weight is 186 g/mol. The summed E-state index contributed by atoms with van der Waals surface area (Å²) in [4.78, 5) is 26.7. The number of carbonyl (C=O) groups is 1. The standard InChI is InChI=1S/C9H6N4O/c14-9(7-1-10-5-11-2-7)8-3-12-6-13-4-8/h1-6H. The minimum absolute atomic E-state index is 0.175. The van der Waals surface area contributed by atoms with E-state index in [1.54, 1.807) is 0 Å². The number of rotatable bonds is 2. The molecule has 0 N–H and O–H groups in total. The average Bonchev–Trinajstić information content (AvgIpc) is 2.30. The fourth-order valence-electron chi connectivity index (χ4n) is 0.999. The van der Waals surface area contributed by atoms with Crippen molar-refractivity contribution in [2.75, 3.05) is 0 Å². The molecule has 2 aromatic rings. The second-order valence-electron chi connectivity index (χ2n) is 2.58. The molecular weight excluding hydrogens is 180 g/mol. The highest BCUT2D eigenvalue weighted by Gasteiger charge is 2.08. The van der Waals surface area contributed by atoms with Crippen molar-refractivity contribution in [1.29, 1.82) is 0 Å². The molecule has 0 aliphatic heterocycles. The van der Waals surface area contributed by atoms with E-state index in [1.807, 2.05) is 0 Å². The topological polar surface area (TPSA) is 68.6 Å². The van der Waals surface area contributed by atoms with Crippen LogP contribution in [0.4, 0.5) is 0 Å². The third-order valence-electron chi connectivity index (χ3n) is 1.65. The molecule has 0 bridgehead atoms. The zero-order valence-electron chi connectivity index (χ0n) is 7.16. The summed E-state index contributed by atoms with van der Waals surface area (Å²) in [6, 6.07) is 0. The highest BCUT2D eigenvalue weighted by molar-refractivity contribution is 6.08. The molecule has 68 valence electrons. The number of carbonyl (C=O) groups excluding carboxylic acids is 1. The van der Waals surface area contributed by atoms with Crippen LogP contribution in [0.5, 0.6) is 0 Å². The van der Waals surface area contributed by atoms with E-state index < -0.39 is 0 Å². The molecule has 0 aromatic carbocycles. The van der Waals surface area contributed by atoms with Crippen LogP contribution in [0, 0.1) is 0 Å². The molecule has 14 heavy (non-hydrogen) atoms. The van der Waals surface area contributed by atoms with Gasteiger partial charge in [-0.15, -0.1) is 0 Å². The Morgan fingerprint density at radius 3 is 1.50 bits per heavy atom. The fourth-order valence-corrected chi connectivity index (χ4v) is 0.999. The van der Waals surface area contributed by atoms with Crippen molar-refractivity contribution in [3.63, 3.8) is 0 Å². The van der Waals surface area contributed by atoms with Crippen molar-refractivity contribution < 1.29 is 4.79 Å². The molecule has 2 heterocycles. The van der Waals surface area contributed by atoms with Gasteiger partial charge in [-0.1, -0.05) is 0 Å². The molecule has 0 unspecified atom stereocenters. The van der Waals surface area contributed by atoms with Gasteiger partial charge in [0.1, 0.15) is 12.7 Å². The lowest BCUT2D eigenvalue weighted by atomic mass is 10.1. The summed E-state index contributed by atoms with van der Waals surface area (Å²) < 4.78 is 0. The second-order valence-corrected chi connectivity index (χ2v) is 2.58. The highest BCUT2D eigenvalue weighted by Crippen LogP contribution is 2.03. The number of ketones is 1. The summed E-state index contributed by atoms with van der Waals surface area (Å²) >= 11 is 0. The monoisotopic (exact) mass is 186 g/mol. The molecular formula is C9H6N4O. The van der Waals surface area contributed by atoms with E-state index in [-0.39, 0.29) is 5.78 Å². The normalized spacial score (nSPS) is 9.71. The van der Waals surface area contributed by atoms with Crippen LogP contribution < -0.4 is 0 Å². The van der Waals surface area contributed by atoms with Crippen LogP contribution in [0.15, 0.2) is 37.4 Å². The van der Waals surface area contributed by atoms with Gasteiger partial charge < -0.3 is 0 Å². The van der Waals surface area contributed by atoms with E-state index in [0.717, 1.165) is 0 Å². The quantitative estimate of drug-likeness (QED) is 0.638. The molecule has 0 fully saturated rings. The van der Waals surface area contributed by atoms with Crippen molar-refractivity contribution in [3.05, 3.63) is 48.6 Å². The van der Waals surface area contributed by atoms with Gasteiger partial charge in [-0.05, 0) is 0 Å². The van der Waals surface area contributed by atoms with Crippen LogP contribution in [-0.2, 0) is 0 Å². The van der Waals surface area contributed by atoms with Gasteiger partial charge in [0.25, 0.3) is 0 Å². The molecule has 2 aromatic heterocycles. The lowest BCUT2D eigenvalue weighted by molar-refractivity contribution is 0.103. The summed E-state index contributed by atoms with van der Waals surface area (Å²) in [6.45, 7) is 0. The number of nitrogens with zero attached hydrogens (tertiary/aromatic N) is 4. The van der Waals surface area contributed by atoms with Crippen LogP contribution in [0.3, 0.4) is 0 Å². The Bertz CT molecular complexity index is 388. The maximum atomic E-state index is 11.7. The first-order valence-electron chi connectivity index (χ1n) is 3.92. The van der Waals surface area contributed by atoms with Crippen molar-refractivity contribution >= 4 is 5.78 Å². The summed E-state index contributed by atoms with van der Waals surface area (Å²) in [5.74, 6) is -0.175. The van der Waals surface area contributed by atoms with Crippen molar-refractivity contribution in [2.24, 2.45) is 0 Å². The number of hydrogen-bond donors (Lipinski definition) is 0. The lowest BCUT2D eigenvalue weighted by Gasteiger charge is -1.97. The molecule has 2 rings (SSSR count). The van der Waals surface area contributed by atoms with Gasteiger partial charge in [-0.3, -0.25) is 4.79 Å². The van der Waals surface area contributed by atoms with E-state index in [1.165, 1.54) is 37.4 Å². The fraction of sp³-hybridized carbons (Fsp3) is 0. The van der Waals surface area contributed by atoms with E-state index in [2.05, 4.69) is 19.9 Å². The Morgan fingerprint density at radius 1 is 0.786 bits per heavy atom. The minimum Gasteiger partial charge on any atom is -0.288 e. The smallest absolute Gasteiger partial charge is 0.199 e. The molecule has 0 radical (unpaired) electrons. The number of aromatic nitrogens is 4. The number of hydrogen-bond acceptors (Lipinski definition) is 5. The van der Waals surface area contributed by atoms with Crippen molar-refractivity contribution in [3.8, 4) is 0 Å². The van der Waals surface area contributed by atoms with Gasteiger partial charge in [0, 0.05) is 24.8 Å². The Kier molecular flexibility index (Phi) is 2.22. The maximum absolute atomic E-state index is 11.7. The Morgan fingerprint density at radius 2 is 1.14 bits per heavy atom. The van der Waals surface area contributed by atoms with E-state index in [4.69, 9.17) is 0 Å². The second kappa shape index (κ2) is 3.69. The largest absolute Gasteiger partial charge is 0.288 e. The third kappa shape index (κ3) is 1.61. The van der Waals surface area contributed by atoms with E-state index >= 15 is 0 Å². The Balaban J connectivity index is 2.35. The zero-order valence-corrected chi connectivity index (χ0v) is 7.16. The predicted octanol–water partition coefficient (Wildman–Crippen LogP) is 0.498. The minimum atomic E-state index is -0.175. The van der Waals surface area contributed by atoms with Crippen molar-refractivity contribution in [1.82, 2.24) is 19.9 Å². The molecule has 0 spiro atoms. The molecule has 0 saturated heterocycles. The highest BCUT2D eigenvalue weighted by atomic mass is 16.1. The van der Waals surface area contributed by atoms with E-state index in [9.17, 15) is 4.79 Å².